The monoisotopic (exact) mass is 594 g/mol. The van der Waals surface area contributed by atoms with Gasteiger partial charge in [0.2, 0.25) is 11.8 Å². The van der Waals surface area contributed by atoms with E-state index in [4.69, 9.17) is 9.57 Å². The van der Waals surface area contributed by atoms with E-state index in [-0.39, 0.29) is 25.0 Å². The van der Waals surface area contributed by atoms with E-state index in [2.05, 4.69) is 15.8 Å². The Morgan fingerprint density at radius 3 is 2.53 bits per heavy atom. The van der Waals surface area contributed by atoms with E-state index in [1.54, 1.807) is 0 Å². The average molecular weight is 595 g/mol. The number of rotatable bonds is 6. The molecule has 0 aromatic heterocycles. The largest absolute Gasteiger partial charge is 0.479 e. The highest BCUT2D eigenvalue weighted by Crippen LogP contribution is 2.45. The second kappa shape index (κ2) is 13.6. The third-order valence-corrected chi connectivity index (χ3v) is 9.02. The van der Waals surface area contributed by atoms with Gasteiger partial charge in [-0.2, -0.15) is 0 Å². The van der Waals surface area contributed by atoms with Gasteiger partial charge in [-0.05, 0) is 63.9 Å². The molecule has 5 rings (SSSR count). The van der Waals surface area contributed by atoms with Crippen LogP contribution >= 0.6 is 0 Å². The number of carboxylic acids is 1. The predicted molar refractivity (Wildman–Crippen MR) is 158 cm³/mol. The summed E-state index contributed by atoms with van der Waals surface area (Å²) in [5.41, 5.74) is 0.129. The van der Waals surface area contributed by atoms with Crippen molar-refractivity contribution in [1.29, 1.82) is 0 Å². The molecular weight excluding hydrogens is 552 g/mol. The molecule has 2 saturated carbocycles. The van der Waals surface area contributed by atoms with Gasteiger partial charge >= 0.3 is 12.1 Å². The summed E-state index contributed by atoms with van der Waals surface area (Å²) in [6, 6.07) is 7.64. The summed E-state index contributed by atoms with van der Waals surface area (Å²) in [4.78, 5) is 60.1. The highest BCUT2D eigenvalue weighted by molar-refractivity contribution is 5.98. The Balaban J connectivity index is 1.37. The summed E-state index contributed by atoms with van der Waals surface area (Å²) in [5.74, 6) is -2.37. The molecule has 3 N–H and O–H groups in total. The Morgan fingerprint density at radius 2 is 1.79 bits per heavy atom. The predicted octanol–water partition coefficient (Wildman–Crippen LogP) is 3.91. The lowest BCUT2D eigenvalue weighted by molar-refractivity contribution is -0.145. The van der Waals surface area contributed by atoms with Crippen LogP contribution in [0.3, 0.4) is 0 Å². The van der Waals surface area contributed by atoms with Gasteiger partial charge in [0.25, 0.3) is 0 Å². The molecule has 232 valence electrons. The molecule has 4 aliphatic rings. The lowest BCUT2D eigenvalue weighted by Crippen LogP contribution is -2.56. The Kier molecular flexibility index (Phi) is 9.67. The van der Waals surface area contributed by atoms with Gasteiger partial charge in [-0.15, -0.1) is 0 Å². The SMILES string of the molecule is C/C(=N\O[C@@H]1C[C@H]2C(=O)NC3(C(=O)O)C[C@H]3/C=C\CCCCC[C@H](NC(=O)OC3CCCC3)C(=O)N2C1)c1ccccc1. The molecule has 2 aliphatic heterocycles. The number of amides is 3. The van der Waals surface area contributed by atoms with Crippen LogP contribution in [-0.2, 0) is 24.0 Å². The highest BCUT2D eigenvalue weighted by atomic mass is 16.6. The summed E-state index contributed by atoms with van der Waals surface area (Å²) in [6.45, 7) is 1.89. The van der Waals surface area contributed by atoms with Gasteiger partial charge in [-0.25, -0.2) is 9.59 Å². The Labute approximate surface area is 252 Å². The number of oxime groups is 1. The van der Waals surface area contributed by atoms with Gasteiger partial charge < -0.3 is 30.2 Å². The number of nitrogens with zero attached hydrogens (tertiary/aromatic N) is 2. The lowest BCUT2D eigenvalue weighted by atomic mass is 10.0. The number of hydrogen-bond acceptors (Lipinski definition) is 7. The van der Waals surface area contributed by atoms with E-state index >= 15 is 0 Å². The topological polar surface area (TPSA) is 147 Å². The first-order valence-electron chi connectivity index (χ1n) is 15.5. The summed E-state index contributed by atoms with van der Waals surface area (Å²) in [5, 5.41) is 19.8. The van der Waals surface area contributed by atoms with Crippen LogP contribution in [0.15, 0.2) is 47.6 Å². The van der Waals surface area contributed by atoms with Crippen LogP contribution < -0.4 is 10.6 Å². The zero-order valence-electron chi connectivity index (χ0n) is 24.7. The molecule has 11 nitrogen and oxygen atoms in total. The van der Waals surface area contributed by atoms with Crippen LogP contribution in [-0.4, -0.2) is 76.0 Å². The van der Waals surface area contributed by atoms with E-state index in [1.807, 2.05) is 49.4 Å². The standard InChI is InChI=1S/C32H42N4O7/c1-21(22-12-6-5-7-13-22)35-43-25-18-27-28(37)34-32(30(39)40)19-23(32)14-8-3-2-4-9-17-26(29(38)36(27)20-25)33-31(41)42-24-15-10-11-16-24/h5-8,12-14,23-27H,2-4,9-11,15-20H2,1H3,(H,33,41)(H,34,37)(H,39,40)/b14-8-,35-21+/t23-,25-,26+,27+,32?/m1/s1. The zero-order chi connectivity index (χ0) is 30.4. The first kappa shape index (κ1) is 30.6. The minimum Gasteiger partial charge on any atom is -0.479 e. The third kappa shape index (κ3) is 7.37. The number of hydrogen-bond donors (Lipinski definition) is 3. The van der Waals surface area contributed by atoms with Crippen LogP contribution in [0, 0.1) is 5.92 Å². The van der Waals surface area contributed by atoms with Gasteiger partial charge in [-0.3, -0.25) is 9.59 Å². The molecule has 0 spiro atoms. The van der Waals surface area contributed by atoms with E-state index in [9.17, 15) is 24.3 Å². The van der Waals surface area contributed by atoms with Crippen molar-refractivity contribution in [3.63, 3.8) is 0 Å². The van der Waals surface area contributed by atoms with E-state index in [0.29, 0.717) is 25.0 Å². The molecule has 5 atom stereocenters. The van der Waals surface area contributed by atoms with Crippen molar-refractivity contribution in [2.24, 2.45) is 11.1 Å². The van der Waals surface area contributed by atoms with E-state index < -0.39 is 47.6 Å². The minimum atomic E-state index is -1.40. The summed E-state index contributed by atoms with van der Waals surface area (Å²) < 4.78 is 5.59. The van der Waals surface area contributed by atoms with Crippen molar-refractivity contribution in [1.82, 2.24) is 15.5 Å². The molecule has 2 aliphatic carbocycles. The molecule has 0 bridgehead atoms. The van der Waals surface area contributed by atoms with Crippen LogP contribution in [0.1, 0.15) is 83.1 Å². The number of aliphatic carboxylic acids is 1. The number of ether oxygens (including phenoxy) is 1. The molecule has 3 fully saturated rings. The molecule has 1 aromatic rings. The van der Waals surface area contributed by atoms with Gasteiger partial charge in [0.05, 0.1) is 12.3 Å². The zero-order valence-corrected chi connectivity index (χ0v) is 24.7. The fraction of sp³-hybridized carbons (Fsp3) is 0.594. The normalized spacial score (nSPS) is 31.1. The number of alkyl carbamates (subject to hydrolysis) is 1. The maximum Gasteiger partial charge on any atom is 0.408 e. The number of carboxylic acid groups (broad SMARTS) is 1. The second-order valence-electron chi connectivity index (χ2n) is 12.2. The van der Waals surface area contributed by atoms with Gasteiger partial charge in [0.1, 0.15) is 29.8 Å². The molecule has 1 unspecified atom stereocenters. The smallest absolute Gasteiger partial charge is 0.408 e. The van der Waals surface area contributed by atoms with Crippen molar-refractivity contribution in [3.8, 4) is 0 Å². The summed E-state index contributed by atoms with van der Waals surface area (Å²) in [7, 11) is 0. The second-order valence-corrected chi connectivity index (χ2v) is 12.2. The number of nitrogens with one attached hydrogen (secondary N) is 2. The molecule has 1 aromatic carbocycles. The molecule has 11 heteroatoms. The quantitative estimate of drug-likeness (QED) is 0.257. The average Bonchev–Trinajstić information content (AvgIpc) is 3.29. The van der Waals surface area contributed by atoms with Crippen LogP contribution in [0.5, 0.6) is 0 Å². The Morgan fingerprint density at radius 1 is 1.05 bits per heavy atom. The molecule has 2 heterocycles. The molecule has 3 amide bonds. The maximum absolute atomic E-state index is 14.0. The Bertz CT molecular complexity index is 1250. The number of fused-ring (bicyclic) bond motifs is 2. The summed E-state index contributed by atoms with van der Waals surface area (Å²) >= 11 is 0. The van der Waals surface area contributed by atoms with Crippen LogP contribution in [0.4, 0.5) is 4.79 Å². The number of carbonyl (C=O) groups excluding carboxylic acids is 3. The molecular formula is C32H42N4O7. The lowest BCUT2D eigenvalue weighted by Gasteiger charge is -2.29. The highest BCUT2D eigenvalue weighted by Gasteiger charge is 2.61. The van der Waals surface area contributed by atoms with E-state index in [0.717, 1.165) is 50.5 Å². The maximum atomic E-state index is 14.0. The van der Waals surface area contributed by atoms with E-state index in [1.165, 1.54) is 4.90 Å². The van der Waals surface area contributed by atoms with Gasteiger partial charge in [0.15, 0.2) is 0 Å². The van der Waals surface area contributed by atoms with Gasteiger partial charge in [-0.1, -0.05) is 60.5 Å². The van der Waals surface area contributed by atoms with Crippen molar-refractivity contribution in [2.75, 3.05) is 6.54 Å². The summed E-state index contributed by atoms with van der Waals surface area (Å²) in [6.07, 6.45) is 10.1. The van der Waals surface area contributed by atoms with Crippen LogP contribution in [0.25, 0.3) is 0 Å². The molecule has 1 saturated heterocycles. The van der Waals surface area contributed by atoms with Gasteiger partial charge in [0, 0.05) is 12.3 Å². The first-order chi connectivity index (χ1) is 20.8. The number of allylic oxidation sites excluding steroid dienone is 1. The third-order valence-electron chi connectivity index (χ3n) is 9.02. The molecule has 43 heavy (non-hydrogen) atoms. The first-order valence-corrected chi connectivity index (χ1v) is 15.5. The van der Waals surface area contributed by atoms with Crippen molar-refractivity contribution in [3.05, 3.63) is 48.0 Å². The van der Waals surface area contributed by atoms with Crippen molar-refractivity contribution in [2.45, 2.75) is 107 Å². The number of benzene rings is 1. The van der Waals surface area contributed by atoms with Crippen molar-refractivity contribution >= 4 is 29.6 Å². The fourth-order valence-corrected chi connectivity index (χ4v) is 6.36. The minimum absolute atomic E-state index is 0.0712. The number of carbonyl (C=O) groups is 4. The van der Waals surface area contributed by atoms with Crippen molar-refractivity contribution < 1.29 is 33.9 Å². The van der Waals surface area contributed by atoms with Crippen LogP contribution in [0.2, 0.25) is 0 Å². The fourth-order valence-electron chi connectivity index (χ4n) is 6.36. The molecule has 0 radical (unpaired) electrons. The Hall–Kier alpha value is -3.89.